The predicted molar refractivity (Wildman–Crippen MR) is 132 cm³/mol. The summed E-state index contributed by atoms with van der Waals surface area (Å²) in [5.74, 6) is -0.0799. The van der Waals surface area contributed by atoms with Crippen LogP contribution in [0.5, 0.6) is 5.75 Å². The first-order chi connectivity index (χ1) is 15.5. The van der Waals surface area contributed by atoms with Gasteiger partial charge in [0.25, 0.3) is 11.8 Å². The molecule has 1 fully saturated rings. The van der Waals surface area contributed by atoms with Crippen LogP contribution in [0.3, 0.4) is 0 Å². The van der Waals surface area contributed by atoms with Crippen molar-refractivity contribution in [3.63, 3.8) is 0 Å². The van der Waals surface area contributed by atoms with Crippen molar-refractivity contribution in [2.75, 3.05) is 11.9 Å². The van der Waals surface area contributed by atoms with E-state index in [0.717, 1.165) is 32.1 Å². The molecule has 0 aromatic heterocycles. The zero-order valence-corrected chi connectivity index (χ0v) is 19.7. The zero-order chi connectivity index (χ0) is 22.9. The Balaban J connectivity index is 1.63. The number of benzene rings is 2. The third-order valence-corrected chi connectivity index (χ3v) is 5.76. The van der Waals surface area contributed by atoms with Gasteiger partial charge in [0.15, 0.2) is 5.11 Å². The van der Waals surface area contributed by atoms with Crippen LogP contribution in [0.4, 0.5) is 5.69 Å². The molecule has 0 heterocycles. The molecule has 0 saturated heterocycles. The Kier molecular flexibility index (Phi) is 8.88. The number of halogens is 1. The lowest BCUT2D eigenvalue weighted by Gasteiger charge is -2.23. The third kappa shape index (κ3) is 6.68. The number of carbonyl (C=O) groups is 2. The Morgan fingerprint density at radius 3 is 2.56 bits per heavy atom. The van der Waals surface area contributed by atoms with Crippen molar-refractivity contribution in [2.24, 2.45) is 0 Å². The summed E-state index contributed by atoms with van der Waals surface area (Å²) in [6.07, 6.45) is 6.28. The number of thiocarbonyl (C=S) groups is 1. The molecule has 0 bridgehead atoms. The fourth-order valence-corrected chi connectivity index (χ4v) is 4.03. The van der Waals surface area contributed by atoms with E-state index in [1.54, 1.807) is 36.4 Å². The Bertz CT molecular complexity index is 977. The zero-order valence-electron chi connectivity index (χ0n) is 18.1. The average molecular weight is 474 g/mol. The van der Waals surface area contributed by atoms with Gasteiger partial charge in [-0.3, -0.25) is 14.9 Å². The normalized spacial score (nSPS) is 13.8. The van der Waals surface area contributed by atoms with E-state index in [0.29, 0.717) is 34.2 Å². The van der Waals surface area contributed by atoms with Crippen LogP contribution < -0.4 is 20.7 Å². The van der Waals surface area contributed by atoms with E-state index in [9.17, 15) is 9.59 Å². The lowest BCUT2D eigenvalue weighted by molar-refractivity contribution is 0.0926. The second-order valence-corrected chi connectivity index (χ2v) is 8.57. The van der Waals surface area contributed by atoms with Crippen molar-refractivity contribution in [2.45, 2.75) is 51.5 Å². The highest BCUT2D eigenvalue weighted by atomic mass is 35.5. The number of rotatable bonds is 7. The molecule has 0 radical (unpaired) electrons. The Morgan fingerprint density at radius 2 is 1.81 bits per heavy atom. The van der Waals surface area contributed by atoms with E-state index in [1.165, 1.54) is 6.42 Å². The summed E-state index contributed by atoms with van der Waals surface area (Å²) in [4.78, 5) is 25.4. The second-order valence-electron chi connectivity index (χ2n) is 7.76. The van der Waals surface area contributed by atoms with Gasteiger partial charge in [0.05, 0.1) is 22.8 Å². The Hall–Kier alpha value is -2.64. The molecule has 2 aromatic carbocycles. The molecular formula is C24H28ClN3O3S. The summed E-state index contributed by atoms with van der Waals surface area (Å²) < 4.78 is 5.64. The number of nitrogens with one attached hydrogen (secondary N) is 3. The highest BCUT2D eigenvalue weighted by Crippen LogP contribution is 2.23. The van der Waals surface area contributed by atoms with E-state index in [-0.39, 0.29) is 23.0 Å². The van der Waals surface area contributed by atoms with Crippen LogP contribution in [-0.4, -0.2) is 29.6 Å². The lowest BCUT2D eigenvalue weighted by Crippen LogP contribution is -2.36. The fourth-order valence-electron chi connectivity index (χ4n) is 3.61. The summed E-state index contributed by atoms with van der Waals surface area (Å²) in [6, 6.07) is 12.2. The number of anilines is 1. The predicted octanol–water partition coefficient (Wildman–Crippen LogP) is 5.32. The van der Waals surface area contributed by atoms with Gasteiger partial charge in [-0.05, 0) is 61.8 Å². The minimum atomic E-state index is -0.376. The number of para-hydroxylation sites is 1. The lowest BCUT2D eigenvalue weighted by atomic mass is 9.95. The van der Waals surface area contributed by atoms with Crippen LogP contribution in [0.2, 0.25) is 5.02 Å². The molecule has 1 saturated carbocycles. The maximum Gasteiger partial charge on any atom is 0.261 e. The van der Waals surface area contributed by atoms with Gasteiger partial charge in [-0.25, -0.2) is 0 Å². The number of amides is 2. The molecule has 1 aliphatic rings. The first kappa shape index (κ1) is 24.0. The first-order valence-electron chi connectivity index (χ1n) is 10.9. The second kappa shape index (κ2) is 11.8. The topological polar surface area (TPSA) is 79.5 Å². The van der Waals surface area contributed by atoms with E-state index in [2.05, 4.69) is 16.0 Å². The van der Waals surface area contributed by atoms with Gasteiger partial charge >= 0.3 is 0 Å². The number of hydrogen-bond acceptors (Lipinski definition) is 4. The molecule has 3 N–H and O–H groups in total. The van der Waals surface area contributed by atoms with Crippen LogP contribution in [0, 0.1) is 0 Å². The SMILES string of the molecule is CCCOc1ccccc1C(=O)NC(=S)Nc1ccc(Cl)c(C(=O)NC2CCCCC2)c1. The summed E-state index contributed by atoms with van der Waals surface area (Å²) in [5, 5.41) is 9.15. The summed E-state index contributed by atoms with van der Waals surface area (Å²) >= 11 is 11.6. The molecule has 0 unspecified atom stereocenters. The van der Waals surface area contributed by atoms with E-state index < -0.39 is 0 Å². The third-order valence-electron chi connectivity index (χ3n) is 5.23. The molecule has 6 nitrogen and oxygen atoms in total. The number of carbonyl (C=O) groups excluding carboxylic acids is 2. The molecular weight excluding hydrogens is 446 g/mol. The van der Waals surface area contributed by atoms with Crippen molar-refractivity contribution in [1.29, 1.82) is 0 Å². The molecule has 0 spiro atoms. The minimum absolute atomic E-state index is 0.112. The molecule has 0 atom stereocenters. The smallest absolute Gasteiger partial charge is 0.261 e. The van der Waals surface area contributed by atoms with Crippen molar-refractivity contribution in [1.82, 2.24) is 10.6 Å². The largest absolute Gasteiger partial charge is 0.493 e. The Labute approximate surface area is 199 Å². The summed E-state index contributed by atoms with van der Waals surface area (Å²) in [5.41, 5.74) is 1.33. The Morgan fingerprint density at radius 1 is 1.06 bits per heavy atom. The van der Waals surface area contributed by atoms with Crippen LogP contribution in [0.25, 0.3) is 0 Å². The van der Waals surface area contributed by atoms with Crippen LogP contribution in [-0.2, 0) is 0 Å². The van der Waals surface area contributed by atoms with Gasteiger partial charge < -0.3 is 15.4 Å². The molecule has 0 aliphatic heterocycles. The van der Waals surface area contributed by atoms with Gasteiger partial charge in [-0.1, -0.05) is 49.9 Å². The van der Waals surface area contributed by atoms with Crippen LogP contribution >= 0.6 is 23.8 Å². The molecule has 1 aliphatic carbocycles. The maximum atomic E-state index is 12.7. The van der Waals surface area contributed by atoms with Gasteiger partial charge in [0.2, 0.25) is 0 Å². The number of hydrogen-bond donors (Lipinski definition) is 3. The number of ether oxygens (including phenoxy) is 1. The molecule has 3 rings (SSSR count). The molecule has 32 heavy (non-hydrogen) atoms. The van der Waals surface area contributed by atoms with E-state index >= 15 is 0 Å². The molecule has 2 aromatic rings. The van der Waals surface area contributed by atoms with Crippen molar-refractivity contribution in [3.8, 4) is 5.75 Å². The molecule has 2 amide bonds. The fraction of sp³-hybridized carbons (Fsp3) is 0.375. The van der Waals surface area contributed by atoms with E-state index in [4.69, 9.17) is 28.6 Å². The molecule has 8 heteroatoms. The maximum absolute atomic E-state index is 12.7. The summed E-state index contributed by atoms with van der Waals surface area (Å²) in [6.45, 7) is 2.51. The van der Waals surface area contributed by atoms with Gasteiger partial charge in [0.1, 0.15) is 5.75 Å². The van der Waals surface area contributed by atoms with Gasteiger partial charge in [-0.2, -0.15) is 0 Å². The minimum Gasteiger partial charge on any atom is -0.493 e. The van der Waals surface area contributed by atoms with Gasteiger partial charge in [0, 0.05) is 11.7 Å². The van der Waals surface area contributed by atoms with Crippen LogP contribution in [0.1, 0.15) is 66.2 Å². The average Bonchev–Trinajstić information content (AvgIpc) is 2.79. The highest BCUT2D eigenvalue weighted by molar-refractivity contribution is 7.80. The monoisotopic (exact) mass is 473 g/mol. The van der Waals surface area contributed by atoms with Crippen molar-refractivity contribution < 1.29 is 14.3 Å². The van der Waals surface area contributed by atoms with E-state index in [1.807, 2.05) is 13.0 Å². The van der Waals surface area contributed by atoms with Gasteiger partial charge in [-0.15, -0.1) is 0 Å². The highest BCUT2D eigenvalue weighted by Gasteiger charge is 2.19. The quantitative estimate of drug-likeness (QED) is 0.474. The standard InChI is InChI=1S/C24H28ClN3O3S/c1-2-14-31-21-11-7-6-10-18(21)22(29)28-24(32)27-17-12-13-20(25)19(15-17)23(30)26-16-8-4-3-5-9-16/h6-7,10-13,15-16H,2-5,8-9,14H2,1H3,(H,26,30)(H2,27,28,29,32). The van der Waals surface area contributed by atoms with Crippen molar-refractivity contribution in [3.05, 3.63) is 58.6 Å². The summed E-state index contributed by atoms with van der Waals surface area (Å²) in [7, 11) is 0. The van der Waals surface area contributed by atoms with Crippen molar-refractivity contribution >= 4 is 46.4 Å². The first-order valence-corrected chi connectivity index (χ1v) is 11.7. The van der Waals surface area contributed by atoms with Crippen LogP contribution in [0.15, 0.2) is 42.5 Å². The molecule has 170 valence electrons.